The summed E-state index contributed by atoms with van der Waals surface area (Å²) < 4.78 is 7.49. The highest BCUT2D eigenvalue weighted by atomic mass is 32.2. The van der Waals surface area contributed by atoms with Gasteiger partial charge in [0, 0.05) is 39.0 Å². The molecule has 0 aliphatic carbocycles. The number of anilines is 2. The number of nitrogens with zero attached hydrogens (tertiary/aromatic N) is 4. The normalized spacial score (nSPS) is 15.6. The van der Waals surface area contributed by atoms with E-state index in [1.54, 1.807) is 34.4 Å². The minimum Gasteiger partial charge on any atom is -0.453 e. The lowest BCUT2D eigenvalue weighted by molar-refractivity contribution is 0.197. The number of fused-ring (bicyclic) bond motifs is 1. The van der Waals surface area contributed by atoms with E-state index >= 15 is 0 Å². The molecular weight excluding hydrogens is 519 g/mol. The number of hydrogen-bond acceptors (Lipinski definition) is 9. The molecule has 5 heterocycles. The maximum atomic E-state index is 6.31. The summed E-state index contributed by atoms with van der Waals surface area (Å²) in [5.74, 6) is 2.08. The average Bonchev–Trinajstić information content (AvgIpc) is 3.59. The summed E-state index contributed by atoms with van der Waals surface area (Å²) >= 11 is 4.99. The maximum Gasteiger partial charge on any atom is 0.188 e. The number of nitrogens with one attached hydrogen (secondary N) is 1. The average molecular weight is 546 g/mol. The molecule has 1 saturated heterocycles. The second-order valence-corrected chi connectivity index (χ2v) is 12.4. The Morgan fingerprint density at radius 3 is 2.73 bits per heavy atom. The molecule has 9 heteroatoms. The number of thiophene rings is 1. The number of benzene rings is 1. The zero-order valence-electron chi connectivity index (χ0n) is 20.7. The number of hydrogen-bond donors (Lipinski definition) is 1. The Morgan fingerprint density at radius 2 is 1.89 bits per heavy atom. The second kappa shape index (κ2) is 10.4. The molecule has 0 spiro atoms. The summed E-state index contributed by atoms with van der Waals surface area (Å²) in [6.07, 6.45) is 5.97. The maximum absolute atomic E-state index is 6.31. The summed E-state index contributed by atoms with van der Waals surface area (Å²) in [6, 6.07) is 15.9. The highest BCUT2D eigenvalue weighted by Crippen LogP contribution is 2.41. The predicted molar refractivity (Wildman–Crippen MR) is 154 cm³/mol. The molecule has 0 amide bonds. The van der Waals surface area contributed by atoms with Gasteiger partial charge in [-0.25, -0.2) is 9.97 Å². The smallest absolute Gasteiger partial charge is 0.188 e. The van der Waals surface area contributed by atoms with Crippen LogP contribution in [0.4, 0.5) is 10.9 Å². The number of aromatic nitrogens is 3. The van der Waals surface area contributed by atoms with Gasteiger partial charge in [-0.05, 0) is 62.6 Å². The minimum absolute atomic E-state index is 0.109. The van der Waals surface area contributed by atoms with E-state index in [1.165, 1.54) is 4.70 Å². The highest BCUT2D eigenvalue weighted by molar-refractivity contribution is 7.99. The molecule has 1 aliphatic rings. The lowest BCUT2D eigenvalue weighted by atomic mass is 9.78. The lowest BCUT2D eigenvalue weighted by Gasteiger charge is -2.36. The third-order valence-electron chi connectivity index (χ3n) is 6.77. The Labute approximate surface area is 228 Å². The third-order valence-corrected chi connectivity index (χ3v) is 9.62. The molecule has 37 heavy (non-hydrogen) atoms. The van der Waals surface area contributed by atoms with Gasteiger partial charge in [-0.15, -0.1) is 22.7 Å². The molecule has 0 radical (unpaired) electrons. The van der Waals surface area contributed by atoms with Crippen molar-refractivity contribution < 1.29 is 4.74 Å². The van der Waals surface area contributed by atoms with Crippen molar-refractivity contribution in [2.45, 2.75) is 35.0 Å². The summed E-state index contributed by atoms with van der Waals surface area (Å²) in [5, 5.41) is 8.53. The van der Waals surface area contributed by atoms with Crippen molar-refractivity contribution in [1.82, 2.24) is 19.9 Å². The zero-order valence-corrected chi connectivity index (χ0v) is 23.1. The van der Waals surface area contributed by atoms with Crippen LogP contribution in [-0.2, 0) is 5.41 Å². The van der Waals surface area contributed by atoms with E-state index in [-0.39, 0.29) is 5.41 Å². The third kappa shape index (κ3) is 5.36. The fraction of sp³-hybridized carbons (Fsp3) is 0.250. The van der Waals surface area contributed by atoms with Crippen LogP contribution in [-0.4, -0.2) is 40.0 Å². The van der Waals surface area contributed by atoms with Crippen LogP contribution in [0.3, 0.4) is 0 Å². The van der Waals surface area contributed by atoms with E-state index < -0.39 is 0 Å². The zero-order chi connectivity index (χ0) is 25.2. The monoisotopic (exact) mass is 545 g/mol. The van der Waals surface area contributed by atoms with Gasteiger partial charge in [-0.3, -0.25) is 4.98 Å². The van der Waals surface area contributed by atoms with Gasteiger partial charge in [-0.2, -0.15) is 0 Å². The molecule has 1 N–H and O–H groups in total. The second-order valence-electron chi connectivity index (χ2n) is 9.51. The summed E-state index contributed by atoms with van der Waals surface area (Å²) in [6.45, 7) is 4.53. The Hall–Kier alpha value is -2.98. The Morgan fingerprint density at radius 1 is 1.05 bits per heavy atom. The lowest BCUT2D eigenvalue weighted by Crippen LogP contribution is -2.39. The molecule has 188 valence electrons. The van der Waals surface area contributed by atoms with E-state index in [1.807, 2.05) is 60.9 Å². The van der Waals surface area contributed by atoms with E-state index in [0.29, 0.717) is 11.6 Å². The van der Waals surface area contributed by atoms with Crippen molar-refractivity contribution in [2.24, 2.45) is 0 Å². The van der Waals surface area contributed by atoms with Crippen LogP contribution in [0.2, 0.25) is 0 Å². The molecule has 0 atom stereocenters. The summed E-state index contributed by atoms with van der Waals surface area (Å²) in [5.41, 5.74) is 2.28. The van der Waals surface area contributed by atoms with E-state index in [0.717, 1.165) is 57.8 Å². The van der Waals surface area contributed by atoms with Crippen LogP contribution in [0.15, 0.2) is 81.5 Å². The van der Waals surface area contributed by atoms with Gasteiger partial charge in [-0.1, -0.05) is 36.9 Å². The van der Waals surface area contributed by atoms with Crippen LogP contribution < -0.4 is 10.1 Å². The van der Waals surface area contributed by atoms with E-state index in [4.69, 9.17) is 14.7 Å². The van der Waals surface area contributed by atoms with Crippen molar-refractivity contribution in [2.75, 3.05) is 25.5 Å². The topological polar surface area (TPSA) is 63.2 Å². The van der Waals surface area contributed by atoms with Gasteiger partial charge in [0.1, 0.15) is 5.75 Å². The van der Waals surface area contributed by atoms with Gasteiger partial charge < -0.3 is 15.0 Å². The first kappa shape index (κ1) is 24.4. The van der Waals surface area contributed by atoms with E-state index in [2.05, 4.69) is 39.9 Å². The highest BCUT2D eigenvalue weighted by Gasteiger charge is 2.33. The quantitative estimate of drug-likeness (QED) is 0.224. The minimum atomic E-state index is 0.109. The van der Waals surface area contributed by atoms with Crippen molar-refractivity contribution in [3.05, 3.63) is 77.4 Å². The number of thiazole rings is 1. The van der Waals surface area contributed by atoms with Crippen molar-refractivity contribution in [1.29, 1.82) is 0 Å². The number of piperidine rings is 1. The number of ether oxygens (including phenoxy) is 1. The molecule has 5 aromatic rings. The van der Waals surface area contributed by atoms with Gasteiger partial charge in [0.05, 0.1) is 15.9 Å². The Bertz CT molecular complexity index is 1510. The van der Waals surface area contributed by atoms with Crippen LogP contribution in [0.1, 0.15) is 25.5 Å². The first-order chi connectivity index (χ1) is 18.1. The van der Waals surface area contributed by atoms with Gasteiger partial charge in [0.15, 0.2) is 16.7 Å². The van der Waals surface area contributed by atoms with Crippen LogP contribution >= 0.6 is 34.4 Å². The molecule has 0 bridgehead atoms. The molecule has 4 aromatic heterocycles. The van der Waals surface area contributed by atoms with Crippen molar-refractivity contribution >= 4 is 55.6 Å². The van der Waals surface area contributed by atoms with Crippen LogP contribution in [0.25, 0.3) is 10.2 Å². The SMILES string of the molecule is CN1CCC(C)(c2csc(Nc3ncc(Sc4ccnc5ccsc45)cc3Oc3ccccc3)n2)CC1. The molecule has 1 aromatic carbocycles. The summed E-state index contributed by atoms with van der Waals surface area (Å²) in [7, 11) is 2.19. The van der Waals surface area contributed by atoms with Crippen LogP contribution in [0.5, 0.6) is 11.5 Å². The molecule has 1 fully saturated rings. The molecular formula is C28H27N5OS3. The molecule has 0 unspecified atom stereocenters. The van der Waals surface area contributed by atoms with E-state index in [9.17, 15) is 0 Å². The fourth-order valence-corrected chi connectivity index (χ4v) is 7.15. The van der Waals surface area contributed by atoms with Gasteiger partial charge >= 0.3 is 0 Å². The van der Waals surface area contributed by atoms with Crippen molar-refractivity contribution in [3.63, 3.8) is 0 Å². The Kier molecular flexibility index (Phi) is 6.86. The standard InChI is InChI=1S/C28H27N5OS3/c1-28(10-13-33(2)14-11-28)24-18-36-27(31-24)32-26-22(34-19-6-4-3-5-7-19)16-20(17-30-26)37-23-8-12-29-21-9-15-35-25(21)23/h3-9,12,15-18H,10-11,13-14H2,1-2H3,(H,30,31,32). The predicted octanol–water partition coefficient (Wildman–Crippen LogP) is 7.82. The number of para-hydroxylation sites is 1. The first-order valence-corrected chi connectivity index (χ1v) is 14.8. The number of rotatable bonds is 7. The number of likely N-dealkylation sites (tertiary alicyclic amines) is 1. The number of pyridine rings is 2. The fourth-order valence-electron chi connectivity index (χ4n) is 4.40. The molecule has 6 rings (SSSR count). The van der Waals surface area contributed by atoms with Gasteiger partial charge in [0.25, 0.3) is 0 Å². The largest absolute Gasteiger partial charge is 0.453 e. The molecule has 1 aliphatic heterocycles. The first-order valence-electron chi connectivity index (χ1n) is 12.2. The van der Waals surface area contributed by atoms with Crippen LogP contribution in [0, 0.1) is 0 Å². The molecule has 6 nitrogen and oxygen atoms in total. The molecule has 0 saturated carbocycles. The Balaban J connectivity index is 1.28. The summed E-state index contributed by atoms with van der Waals surface area (Å²) in [4.78, 5) is 18.8. The van der Waals surface area contributed by atoms with Gasteiger partial charge in [0.2, 0.25) is 0 Å². The van der Waals surface area contributed by atoms with Crippen molar-refractivity contribution in [3.8, 4) is 11.5 Å².